The highest BCUT2D eigenvalue weighted by Crippen LogP contribution is 2.28. The minimum atomic E-state index is -0.223. The first-order chi connectivity index (χ1) is 13.8. The second-order valence-corrected chi connectivity index (χ2v) is 8.82. The summed E-state index contributed by atoms with van der Waals surface area (Å²) in [6, 6.07) is 12.6. The number of fused-ring (bicyclic) bond motifs is 1. The monoisotopic (exact) mass is 458 g/mol. The molecule has 0 saturated carbocycles. The highest BCUT2D eigenvalue weighted by atomic mass is 79.9. The smallest absolute Gasteiger partial charge is 0.289 e. The summed E-state index contributed by atoms with van der Waals surface area (Å²) in [6.07, 6.45) is 0. The molecule has 2 aromatic carbocycles. The van der Waals surface area contributed by atoms with Crippen LogP contribution in [-0.4, -0.2) is 40.9 Å². The molecule has 1 aliphatic heterocycles. The number of hydrogen-bond donors (Lipinski definition) is 0. The molecule has 2 atom stereocenters. The number of piperazine rings is 1. The lowest BCUT2D eigenvalue weighted by atomic mass is 10.1. The molecule has 0 bridgehead atoms. The number of nitrogens with zero attached hydrogens (tertiary/aromatic N) is 2. The Kier molecular flexibility index (Phi) is 5.49. The van der Waals surface area contributed by atoms with Gasteiger partial charge in [0.25, 0.3) is 5.91 Å². The van der Waals surface area contributed by atoms with E-state index in [0.29, 0.717) is 12.3 Å². The van der Waals surface area contributed by atoms with E-state index in [-0.39, 0.29) is 23.8 Å². The zero-order valence-electron chi connectivity index (χ0n) is 16.8. The van der Waals surface area contributed by atoms with Gasteiger partial charge >= 0.3 is 0 Å². The van der Waals surface area contributed by atoms with Crippen LogP contribution in [-0.2, 0) is 6.54 Å². The van der Waals surface area contributed by atoms with Gasteiger partial charge in [0.05, 0.1) is 0 Å². The quantitative estimate of drug-likeness (QED) is 0.528. The fourth-order valence-corrected chi connectivity index (χ4v) is 4.29. The van der Waals surface area contributed by atoms with E-state index in [4.69, 9.17) is 4.42 Å². The first-order valence-electron chi connectivity index (χ1n) is 9.81. The fraction of sp³-hybridized carbons (Fsp3) is 0.348. The van der Waals surface area contributed by atoms with Gasteiger partial charge in [0.15, 0.2) is 5.76 Å². The average molecular weight is 459 g/mol. The standard InChI is InChI=1S/C23H24BrFN2O2/c1-14-8-21-18(9-20(14)24)10-22(29-21)23(28)27-12-15(2)26(11-16(27)3)13-17-4-6-19(25)7-5-17/h4-10,15-16H,11-13H2,1-3H3/t15-,16+/m1/s1. The highest BCUT2D eigenvalue weighted by molar-refractivity contribution is 9.10. The predicted octanol–water partition coefficient (Wildman–Crippen LogP) is 5.38. The molecule has 0 aliphatic carbocycles. The van der Waals surface area contributed by atoms with Crippen molar-refractivity contribution in [1.82, 2.24) is 9.80 Å². The number of furan rings is 1. The molecule has 2 heterocycles. The molecular formula is C23H24BrFN2O2. The van der Waals surface area contributed by atoms with Crippen LogP contribution in [0.5, 0.6) is 0 Å². The number of halogens is 2. The Morgan fingerprint density at radius 1 is 1.14 bits per heavy atom. The summed E-state index contributed by atoms with van der Waals surface area (Å²) in [7, 11) is 0. The average Bonchev–Trinajstić information content (AvgIpc) is 3.08. The number of amides is 1. The summed E-state index contributed by atoms with van der Waals surface area (Å²) < 4.78 is 20.0. The van der Waals surface area contributed by atoms with Crippen molar-refractivity contribution < 1.29 is 13.6 Å². The van der Waals surface area contributed by atoms with Crippen molar-refractivity contribution in [3.63, 3.8) is 0 Å². The molecule has 1 aliphatic rings. The zero-order chi connectivity index (χ0) is 20.7. The van der Waals surface area contributed by atoms with E-state index >= 15 is 0 Å². The molecule has 152 valence electrons. The lowest BCUT2D eigenvalue weighted by molar-refractivity contribution is 0.0269. The van der Waals surface area contributed by atoms with Crippen LogP contribution in [0.3, 0.4) is 0 Å². The Bertz CT molecular complexity index is 1010. The van der Waals surface area contributed by atoms with E-state index in [2.05, 4.69) is 34.7 Å². The molecule has 4 nitrogen and oxygen atoms in total. The molecule has 3 aromatic rings. The van der Waals surface area contributed by atoms with E-state index in [1.165, 1.54) is 12.1 Å². The van der Waals surface area contributed by atoms with E-state index < -0.39 is 0 Å². The Morgan fingerprint density at radius 2 is 1.86 bits per heavy atom. The molecule has 0 unspecified atom stereocenters. The molecule has 6 heteroatoms. The number of aryl methyl sites for hydroxylation is 1. The van der Waals surface area contributed by atoms with Gasteiger partial charge in [0.1, 0.15) is 11.4 Å². The van der Waals surface area contributed by atoms with Gasteiger partial charge in [-0.3, -0.25) is 9.69 Å². The van der Waals surface area contributed by atoms with Gasteiger partial charge in [-0.05, 0) is 62.2 Å². The van der Waals surface area contributed by atoms with Crippen LogP contribution in [0.1, 0.15) is 35.5 Å². The summed E-state index contributed by atoms with van der Waals surface area (Å²) in [4.78, 5) is 17.4. The van der Waals surface area contributed by atoms with Gasteiger partial charge in [-0.2, -0.15) is 0 Å². The Balaban J connectivity index is 1.49. The van der Waals surface area contributed by atoms with Gasteiger partial charge in [0.2, 0.25) is 0 Å². The topological polar surface area (TPSA) is 36.7 Å². The van der Waals surface area contributed by atoms with Crippen molar-refractivity contribution in [1.29, 1.82) is 0 Å². The van der Waals surface area contributed by atoms with Crippen molar-refractivity contribution in [3.05, 3.63) is 69.6 Å². The SMILES string of the molecule is Cc1cc2oc(C(=O)N3C[C@@H](C)N(Cc4ccc(F)cc4)C[C@@H]3C)cc2cc1Br. The molecular weight excluding hydrogens is 435 g/mol. The van der Waals surface area contributed by atoms with Crippen LogP contribution in [0.2, 0.25) is 0 Å². The van der Waals surface area contributed by atoms with Crippen molar-refractivity contribution in [3.8, 4) is 0 Å². The third-order valence-electron chi connectivity index (χ3n) is 5.68. The maximum Gasteiger partial charge on any atom is 0.289 e. The Morgan fingerprint density at radius 3 is 2.59 bits per heavy atom. The van der Waals surface area contributed by atoms with Crippen LogP contribution in [0.15, 0.2) is 51.4 Å². The van der Waals surface area contributed by atoms with E-state index in [9.17, 15) is 9.18 Å². The molecule has 1 fully saturated rings. The number of carbonyl (C=O) groups is 1. The first-order valence-corrected chi connectivity index (χ1v) is 10.6. The maximum atomic E-state index is 13.2. The fourth-order valence-electron chi connectivity index (χ4n) is 3.93. The number of rotatable bonds is 3. The third kappa shape index (κ3) is 4.09. The van der Waals surface area contributed by atoms with Gasteiger partial charge in [0, 0.05) is 41.6 Å². The number of carbonyl (C=O) groups excluding carboxylic acids is 1. The molecule has 29 heavy (non-hydrogen) atoms. The minimum absolute atomic E-state index is 0.0563. The maximum absolute atomic E-state index is 13.2. The normalized spacial score (nSPS) is 20.4. The lowest BCUT2D eigenvalue weighted by Crippen LogP contribution is -2.57. The second-order valence-electron chi connectivity index (χ2n) is 7.96. The molecule has 1 amide bonds. The van der Waals surface area contributed by atoms with Crippen molar-refractivity contribution in [2.75, 3.05) is 13.1 Å². The minimum Gasteiger partial charge on any atom is -0.451 e. The summed E-state index contributed by atoms with van der Waals surface area (Å²) in [6.45, 7) is 8.30. The predicted molar refractivity (Wildman–Crippen MR) is 115 cm³/mol. The largest absolute Gasteiger partial charge is 0.451 e. The molecule has 0 spiro atoms. The Hall–Kier alpha value is -2.18. The van der Waals surface area contributed by atoms with E-state index in [0.717, 1.165) is 39.7 Å². The van der Waals surface area contributed by atoms with Crippen LogP contribution in [0.4, 0.5) is 4.39 Å². The molecule has 0 N–H and O–H groups in total. The molecule has 1 saturated heterocycles. The molecule has 0 radical (unpaired) electrons. The molecule has 1 aromatic heterocycles. The zero-order valence-corrected chi connectivity index (χ0v) is 18.4. The third-order valence-corrected chi connectivity index (χ3v) is 6.54. The van der Waals surface area contributed by atoms with Gasteiger partial charge in [-0.25, -0.2) is 4.39 Å². The summed E-state index contributed by atoms with van der Waals surface area (Å²) in [5.41, 5.74) is 2.87. The Labute approximate surface area is 178 Å². The molecule has 4 rings (SSSR count). The van der Waals surface area contributed by atoms with Gasteiger partial charge < -0.3 is 9.32 Å². The van der Waals surface area contributed by atoms with Gasteiger partial charge in [-0.1, -0.05) is 28.1 Å². The lowest BCUT2D eigenvalue weighted by Gasteiger charge is -2.43. The van der Waals surface area contributed by atoms with Crippen LogP contribution in [0, 0.1) is 12.7 Å². The van der Waals surface area contributed by atoms with Crippen molar-refractivity contribution >= 4 is 32.8 Å². The van der Waals surface area contributed by atoms with Crippen molar-refractivity contribution in [2.24, 2.45) is 0 Å². The van der Waals surface area contributed by atoms with Crippen LogP contribution >= 0.6 is 15.9 Å². The number of benzene rings is 2. The summed E-state index contributed by atoms with van der Waals surface area (Å²) in [5, 5.41) is 0.918. The van der Waals surface area contributed by atoms with Gasteiger partial charge in [-0.15, -0.1) is 0 Å². The van der Waals surface area contributed by atoms with E-state index in [1.807, 2.05) is 42.2 Å². The summed E-state index contributed by atoms with van der Waals surface area (Å²) >= 11 is 3.53. The van der Waals surface area contributed by atoms with Crippen LogP contribution < -0.4 is 0 Å². The van der Waals surface area contributed by atoms with E-state index in [1.54, 1.807) is 0 Å². The number of hydrogen-bond acceptors (Lipinski definition) is 3. The first kappa shape index (κ1) is 20.1. The second kappa shape index (κ2) is 7.92. The van der Waals surface area contributed by atoms with Crippen molar-refractivity contribution in [2.45, 2.75) is 39.4 Å². The van der Waals surface area contributed by atoms with Crippen LogP contribution in [0.25, 0.3) is 11.0 Å². The summed E-state index contributed by atoms with van der Waals surface area (Å²) in [5.74, 6) is 0.0814. The highest BCUT2D eigenvalue weighted by Gasteiger charge is 2.33.